The third-order valence-electron chi connectivity index (χ3n) is 8.04. The molecule has 0 amide bonds. The van der Waals surface area contributed by atoms with Crippen LogP contribution < -0.4 is 0 Å². The van der Waals surface area contributed by atoms with Gasteiger partial charge in [0.25, 0.3) is 0 Å². The lowest BCUT2D eigenvalue weighted by Gasteiger charge is -2.59. The van der Waals surface area contributed by atoms with Crippen LogP contribution in [0.25, 0.3) is 0 Å². The zero-order valence-corrected chi connectivity index (χ0v) is 16.8. The van der Waals surface area contributed by atoms with Crippen molar-refractivity contribution >= 4 is 17.9 Å². The van der Waals surface area contributed by atoms with Crippen molar-refractivity contribution in [3.8, 4) is 0 Å². The fraction of sp³-hybridized carbons (Fsp3) is 0.857. The average molecular weight is 380 g/mol. The second-order valence-electron chi connectivity index (χ2n) is 9.32. The zero-order valence-electron chi connectivity index (χ0n) is 16.8. The number of ether oxygens (including phenoxy) is 2. The van der Waals surface area contributed by atoms with Gasteiger partial charge < -0.3 is 14.6 Å². The van der Waals surface area contributed by atoms with Crippen molar-refractivity contribution in [3.63, 3.8) is 0 Å². The third kappa shape index (κ3) is 3.25. The fourth-order valence-corrected chi connectivity index (χ4v) is 6.69. The molecular formula is C21H32O6. The normalized spacial score (nSPS) is 43.8. The molecule has 0 radical (unpaired) electrons. The SMILES string of the molecule is COC(=O)[C@@]1(C)CC[C@H]2[C@@H](CC[C@H]3C[C@@H](OC(C)=O)CC[C@@]32C)[C@@H]1C(=O)O. The average Bonchev–Trinajstić information content (AvgIpc) is 2.60. The van der Waals surface area contributed by atoms with Crippen LogP contribution in [0.3, 0.4) is 0 Å². The van der Waals surface area contributed by atoms with E-state index in [4.69, 9.17) is 9.47 Å². The van der Waals surface area contributed by atoms with Crippen LogP contribution in [-0.4, -0.2) is 36.2 Å². The molecule has 7 atom stereocenters. The summed E-state index contributed by atoms with van der Waals surface area (Å²) in [5.41, 5.74) is -0.912. The maximum absolute atomic E-state index is 12.5. The molecule has 0 unspecified atom stereocenters. The van der Waals surface area contributed by atoms with E-state index in [1.807, 2.05) is 0 Å². The molecule has 0 saturated heterocycles. The van der Waals surface area contributed by atoms with Gasteiger partial charge in [-0.1, -0.05) is 6.92 Å². The maximum Gasteiger partial charge on any atom is 0.312 e. The molecule has 6 nitrogen and oxygen atoms in total. The van der Waals surface area contributed by atoms with E-state index in [9.17, 15) is 19.5 Å². The van der Waals surface area contributed by atoms with Crippen LogP contribution in [-0.2, 0) is 23.9 Å². The van der Waals surface area contributed by atoms with Gasteiger partial charge in [0.2, 0.25) is 0 Å². The second-order valence-corrected chi connectivity index (χ2v) is 9.32. The highest BCUT2D eigenvalue weighted by Gasteiger charge is 2.61. The molecular weight excluding hydrogens is 348 g/mol. The van der Waals surface area contributed by atoms with E-state index in [2.05, 4.69) is 6.92 Å². The molecule has 1 N–H and O–H groups in total. The van der Waals surface area contributed by atoms with E-state index in [-0.39, 0.29) is 29.3 Å². The van der Waals surface area contributed by atoms with Crippen LogP contribution >= 0.6 is 0 Å². The van der Waals surface area contributed by atoms with Crippen molar-refractivity contribution in [2.75, 3.05) is 7.11 Å². The molecule has 3 aliphatic carbocycles. The number of carbonyl (C=O) groups excluding carboxylic acids is 2. The number of carboxylic acid groups (broad SMARTS) is 1. The summed E-state index contributed by atoms with van der Waals surface area (Å²) in [5, 5.41) is 10.0. The Bertz CT molecular complexity index is 630. The van der Waals surface area contributed by atoms with Crippen molar-refractivity contribution < 1.29 is 29.0 Å². The Morgan fingerprint density at radius 3 is 2.33 bits per heavy atom. The van der Waals surface area contributed by atoms with Crippen LogP contribution in [0, 0.1) is 34.5 Å². The molecule has 3 saturated carbocycles. The van der Waals surface area contributed by atoms with Gasteiger partial charge in [0.05, 0.1) is 18.4 Å². The van der Waals surface area contributed by atoms with Gasteiger partial charge in [-0.3, -0.25) is 14.4 Å². The van der Waals surface area contributed by atoms with E-state index >= 15 is 0 Å². The molecule has 3 fully saturated rings. The molecule has 0 heterocycles. The second kappa shape index (κ2) is 7.10. The lowest BCUT2D eigenvalue weighted by molar-refractivity contribution is -0.186. The number of hydrogen-bond donors (Lipinski definition) is 1. The molecule has 0 aromatic carbocycles. The van der Waals surface area contributed by atoms with Gasteiger partial charge in [0, 0.05) is 6.92 Å². The number of carboxylic acids is 1. The Labute approximate surface area is 161 Å². The van der Waals surface area contributed by atoms with Crippen LogP contribution in [0.15, 0.2) is 0 Å². The number of hydrogen-bond acceptors (Lipinski definition) is 5. The summed E-state index contributed by atoms with van der Waals surface area (Å²) in [4.78, 5) is 36.0. The first-order chi connectivity index (χ1) is 12.6. The van der Waals surface area contributed by atoms with Crippen LogP contribution in [0.4, 0.5) is 0 Å². The first-order valence-electron chi connectivity index (χ1n) is 10.1. The summed E-state index contributed by atoms with van der Waals surface area (Å²) in [6.45, 7) is 5.51. The van der Waals surface area contributed by atoms with E-state index in [1.165, 1.54) is 14.0 Å². The predicted molar refractivity (Wildman–Crippen MR) is 97.7 cm³/mol. The van der Waals surface area contributed by atoms with Gasteiger partial charge in [0.1, 0.15) is 6.10 Å². The Kier molecular flexibility index (Phi) is 5.30. The third-order valence-corrected chi connectivity index (χ3v) is 8.04. The lowest BCUT2D eigenvalue weighted by atomic mass is 9.44. The minimum atomic E-state index is -0.958. The smallest absolute Gasteiger partial charge is 0.312 e. The summed E-state index contributed by atoms with van der Waals surface area (Å²) < 4.78 is 10.5. The highest BCUT2D eigenvalue weighted by atomic mass is 16.5. The molecule has 0 bridgehead atoms. The van der Waals surface area contributed by atoms with Gasteiger partial charge >= 0.3 is 17.9 Å². The largest absolute Gasteiger partial charge is 0.481 e. The number of carbonyl (C=O) groups is 3. The number of rotatable bonds is 3. The van der Waals surface area contributed by atoms with Gasteiger partial charge in [-0.2, -0.15) is 0 Å². The zero-order chi connectivity index (χ0) is 20.0. The summed E-state index contributed by atoms with van der Waals surface area (Å²) in [7, 11) is 1.34. The maximum atomic E-state index is 12.5. The number of methoxy groups -OCH3 is 1. The minimum Gasteiger partial charge on any atom is -0.481 e. The van der Waals surface area contributed by atoms with E-state index in [1.54, 1.807) is 6.92 Å². The van der Waals surface area contributed by atoms with Gasteiger partial charge in [-0.25, -0.2) is 0 Å². The van der Waals surface area contributed by atoms with Crippen molar-refractivity contribution in [3.05, 3.63) is 0 Å². The molecule has 3 aliphatic rings. The Morgan fingerprint density at radius 2 is 1.74 bits per heavy atom. The highest BCUT2D eigenvalue weighted by Crippen LogP contribution is 2.63. The number of aliphatic carboxylic acids is 1. The minimum absolute atomic E-state index is 0.00752. The van der Waals surface area contributed by atoms with E-state index in [0.717, 1.165) is 38.5 Å². The molecule has 27 heavy (non-hydrogen) atoms. The molecule has 152 valence electrons. The van der Waals surface area contributed by atoms with Crippen molar-refractivity contribution in [2.45, 2.75) is 71.8 Å². The summed E-state index contributed by atoms with van der Waals surface area (Å²) in [6.07, 6.45) is 5.76. The van der Waals surface area contributed by atoms with E-state index in [0.29, 0.717) is 12.3 Å². The topological polar surface area (TPSA) is 89.9 Å². The standard InChI is InChI=1S/C21H32O6/c1-12(22)27-14-7-9-20(2)13(11-14)5-6-15-16(20)8-10-21(3,19(25)26-4)17(15)18(23)24/h13-17H,5-11H2,1-4H3,(H,23,24)/t13-,14-,15+,16-,17+,20-,21-/m0/s1. The van der Waals surface area contributed by atoms with E-state index < -0.39 is 23.3 Å². The molecule has 0 aliphatic heterocycles. The highest BCUT2D eigenvalue weighted by molar-refractivity contribution is 5.84. The van der Waals surface area contributed by atoms with Gasteiger partial charge in [-0.05, 0) is 75.0 Å². The first kappa shape index (κ1) is 20.2. The Balaban J connectivity index is 1.86. The van der Waals surface area contributed by atoms with Crippen molar-refractivity contribution in [1.29, 1.82) is 0 Å². The molecule has 0 aromatic heterocycles. The van der Waals surface area contributed by atoms with Crippen LogP contribution in [0.1, 0.15) is 65.7 Å². The van der Waals surface area contributed by atoms with Gasteiger partial charge in [0.15, 0.2) is 0 Å². The van der Waals surface area contributed by atoms with Crippen LogP contribution in [0.2, 0.25) is 0 Å². The summed E-state index contributed by atoms with van der Waals surface area (Å²) in [5.74, 6) is -1.50. The monoisotopic (exact) mass is 380 g/mol. The summed E-state index contributed by atoms with van der Waals surface area (Å²) >= 11 is 0. The van der Waals surface area contributed by atoms with Crippen LogP contribution in [0.5, 0.6) is 0 Å². The number of fused-ring (bicyclic) bond motifs is 3. The summed E-state index contributed by atoms with van der Waals surface area (Å²) in [6, 6.07) is 0. The lowest BCUT2D eigenvalue weighted by Crippen LogP contribution is -2.57. The fourth-order valence-electron chi connectivity index (χ4n) is 6.69. The van der Waals surface area contributed by atoms with Crippen molar-refractivity contribution in [1.82, 2.24) is 0 Å². The Hall–Kier alpha value is -1.59. The molecule has 0 aromatic rings. The predicted octanol–water partition coefficient (Wildman–Crippen LogP) is 3.42. The quantitative estimate of drug-likeness (QED) is 0.755. The Morgan fingerprint density at radius 1 is 1.04 bits per heavy atom. The molecule has 3 rings (SSSR count). The van der Waals surface area contributed by atoms with Crippen molar-refractivity contribution in [2.24, 2.45) is 34.5 Å². The molecule has 0 spiro atoms. The first-order valence-corrected chi connectivity index (χ1v) is 10.1. The van der Waals surface area contributed by atoms with Gasteiger partial charge in [-0.15, -0.1) is 0 Å². The molecule has 6 heteroatoms. The number of esters is 2.